The summed E-state index contributed by atoms with van der Waals surface area (Å²) in [6.07, 6.45) is 0. The number of methoxy groups -OCH3 is 1. The zero-order valence-electron chi connectivity index (χ0n) is 14.8. The fraction of sp³-hybridized carbons (Fsp3) is 0.294. The molecule has 1 saturated heterocycles. The largest absolute Gasteiger partial charge is 0.495 e. The minimum Gasteiger partial charge on any atom is -0.495 e. The molecule has 1 amide bonds. The van der Waals surface area contributed by atoms with Crippen LogP contribution in [0, 0.1) is 11.9 Å². The summed E-state index contributed by atoms with van der Waals surface area (Å²) in [6.45, 7) is 0.875. The number of carbonyl (C=O) groups is 1. The average Bonchev–Trinajstić information content (AvgIpc) is 2.70. The van der Waals surface area contributed by atoms with E-state index in [-0.39, 0.29) is 48.2 Å². The van der Waals surface area contributed by atoms with Gasteiger partial charge in [-0.25, -0.2) is 8.42 Å². The monoisotopic (exact) mass is 413 g/mol. The van der Waals surface area contributed by atoms with Gasteiger partial charge in [-0.05, 0) is 30.3 Å². The van der Waals surface area contributed by atoms with Crippen molar-refractivity contribution in [3.05, 3.63) is 47.8 Å². The van der Waals surface area contributed by atoms with E-state index in [0.717, 1.165) is 18.2 Å². The lowest BCUT2D eigenvalue weighted by Gasteiger charge is -2.26. The quantitative estimate of drug-likeness (QED) is 0.749. The molecule has 28 heavy (non-hydrogen) atoms. The standard InChI is InChI=1S/C17H17F2N3O5S/c1-26-13-4-2-11(17(23)20-12-3-5-15(18)21-16(12)19)10-14(13)28(24,25)22-6-8-27-9-7-22/h2-5,10H,6-9H2,1H3,(H,20,23). The lowest BCUT2D eigenvalue weighted by atomic mass is 10.2. The van der Waals surface area contributed by atoms with Gasteiger partial charge >= 0.3 is 0 Å². The number of rotatable bonds is 5. The van der Waals surface area contributed by atoms with Crippen LogP contribution in [0.25, 0.3) is 0 Å². The first-order chi connectivity index (χ1) is 13.3. The van der Waals surface area contributed by atoms with Gasteiger partial charge in [0.15, 0.2) is 0 Å². The number of halogens is 2. The van der Waals surface area contributed by atoms with E-state index in [9.17, 15) is 22.0 Å². The number of nitrogens with one attached hydrogen (secondary N) is 1. The molecule has 2 aromatic rings. The molecule has 1 fully saturated rings. The van der Waals surface area contributed by atoms with Crippen LogP contribution in [0.2, 0.25) is 0 Å². The number of hydrogen-bond donors (Lipinski definition) is 1. The third-order valence-electron chi connectivity index (χ3n) is 4.08. The molecule has 1 aliphatic rings. The van der Waals surface area contributed by atoms with E-state index in [1.165, 1.54) is 23.5 Å². The summed E-state index contributed by atoms with van der Waals surface area (Å²) in [6, 6.07) is 5.72. The van der Waals surface area contributed by atoms with E-state index < -0.39 is 27.8 Å². The normalized spacial score (nSPS) is 15.2. The van der Waals surface area contributed by atoms with Crippen LogP contribution in [-0.4, -0.2) is 57.0 Å². The van der Waals surface area contributed by atoms with Gasteiger partial charge in [-0.3, -0.25) is 4.79 Å². The minimum atomic E-state index is -3.94. The zero-order valence-corrected chi connectivity index (χ0v) is 15.6. The molecule has 8 nitrogen and oxygen atoms in total. The molecule has 0 bridgehead atoms. The molecule has 0 spiro atoms. The molecule has 1 aromatic carbocycles. The van der Waals surface area contributed by atoms with E-state index in [1.54, 1.807) is 0 Å². The van der Waals surface area contributed by atoms with E-state index in [0.29, 0.717) is 0 Å². The first-order valence-electron chi connectivity index (χ1n) is 8.22. The number of amides is 1. The number of carbonyl (C=O) groups excluding carboxylic acids is 1. The number of nitrogens with zero attached hydrogens (tertiary/aromatic N) is 2. The maximum Gasteiger partial charge on any atom is 0.255 e. The van der Waals surface area contributed by atoms with Gasteiger partial charge < -0.3 is 14.8 Å². The molecule has 0 saturated carbocycles. The lowest BCUT2D eigenvalue weighted by molar-refractivity contribution is 0.0729. The molecule has 11 heteroatoms. The summed E-state index contributed by atoms with van der Waals surface area (Å²) in [5.74, 6) is -2.94. The van der Waals surface area contributed by atoms with Crippen molar-refractivity contribution in [1.29, 1.82) is 0 Å². The summed E-state index contributed by atoms with van der Waals surface area (Å²) in [5, 5.41) is 2.24. The number of anilines is 1. The fourth-order valence-corrected chi connectivity index (χ4v) is 4.23. The van der Waals surface area contributed by atoms with E-state index in [1.807, 2.05) is 0 Å². The second-order valence-corrected chi connectivity index (χ2v) is 7.71. The van der Waals surface area contributed by atoms with Gasteiger partial charge in [0, 0.05) is 18.7 Å². The van der Waals surface area contributed by atoms with Crippen LogP contribution in [0.15, 0.2) is 35.2 Å². The highest BCUT2D eigenvalue weighted by Gasteiger charge is 2.30. The van der Waals surface area contributed by atoms with Crippen molar-refractivity contribution in [2.24, 2.45) is 0 Å². The number of morpholine rings is 1. The number of hydrogen-bond acceptors (Lipinski definition) is 6. The number of pyridine rings is 1. The summed E-state index contributed by atoms with van der Waals surface area (Å²) in [4.78, 5) is 15.2. The highest BCUT2D eigenvalue weighted by atomic mass is 32.2. The minimum absolute atomic E-state index is 0.0450. The summed E-state index contributed by atoms with van der Waals surface area (Å²) in [7, 11) is -2.62. The van der Waals surface area contributed by atoms with E-state index >= 15 is 0 Å². The Balaban J connectivity index is 1.92. The van der Waals surface area contributed by atoms with Crippen molar-refractivity contribution in [2.45, 2.75) is 4.90 Å². The topological polar surface area (TPSA) is 97.8 Å². The van der Waals surface area contributed by atoms with Gasteiger partial charge in [-0.1, -0.05) is 0 Å². The maximum absolute atomic E-state index is 13.7. The fourth-order valence-electron chi connectivity index (χ4n) is 2.65. The third kappa shape index (κ3) is 4.11. The van der Waals surface area contributed by atoms with Crippen LogP contribution >= 0.6 is 0 Å². The molecule has 0 atom stereocenters. The van der Waals surface area contributed by atoms with Crippen molar-refractivity contribution in [1.82, 2.24) is 9.29 Å². The van der Waals surface area contributed by atoms with Crippen molar-refractivity contribution in [3.63, 3.8) is 0 Å². The Morgan fingerprint density at radius 1 is 1.21 bits per heavy atom. The smallest absolute Gasteiger partial charge is 0.255 e. The maximum atomic E-state index is 13.7. The Kier molecular flexibility index (Phi) is 5.87. The molecule has 0 aliphatic carbocycles. The Hall–Kier alpha value is -2.63. The van der Waals surface area contributed by atoms with Gasteiger partial charge in [0.05, 0.1) is 26.0 Å². The summed E-state index contributed by atoms with van der Waals surface area (Å²) >= 11 is 0. The van der Waals surface area contributed by atoms with Gasteiger partial charge in [-0.2, -0.15) is 18.1 Å². The molecule has 1 N–H and O–H groups in total. The van der Waals surface area contributed by atoms with Crippen LogP contribution in [0.1, 0.15) is 10.4 Å². The van der Waals surface area contributed by atoms with E-state index in [4.69, 9.17) is 9.47 Å². The molecular formula is C17H17F2N3O5S. The van der Waals surface area contributed by atoms with Gasteiger partial charge in [-0.15, -0.1) is 0 Å². The number of aromatic nitrogens is 1. The average molecular weight is 413 g/mol. The number of benzene rings is 1. The Bertz CT molecular complexity index is 994. The zero-order chi connectivity index (χ0) is 20.3. The van der Waals surface area contributed by atoms with Gasteiger partial charge in [0.2, 0.25) is 21.9 Å². The molecule has 0 radical (unpaired) electrons. The predicted octanol–water partition coefficient (Wildman–Crippen LogP) is 1.64. The first-order valence-corrected chi connectivity index (χ1v) is 9.66. The van der Waals surface area contributed by atoms with Crippen LogP contribution in [0.4, 0.5) is 14.5 Å². The summed E-state index contributed by atoms with van der Waals surface area (Å²) < 4.78 is 64.0. The van der Waals surface area contributed by atoms with Crippen LogP contribution < -0.4 is 10.1 Å². The Morgan fingerprint density at radius 2 is 1.93 bits per heavy atom. The molecule has 3 rings (SSSR count). The highest BCUT2D eigenvalue weighted by Crippen LogP contribution is 2.29. The SMILES string of the molecule is COc1ccc(C(=O)Nc2ccc(F)nc2F)cc1S(=O)(=O)N1CCOCC1. The van der Waals surface area contributed by atoms with Gasteiger partial charge in [0.25, 0.3) is 5.91 Å². The molecule has 0 unspecified atom stereocenters. The highest BCUT2D eigenvalue weighted by molar-refractivity contribution is 7.89. The Morgan fingerprint density at radius 3 is 2.57 bits per heavy atom. The summed E-state index contributed by atoms with van der Waals surface area (Å²) in [5.41, 5.74) is -0.379. The molecule has 2 heterocycles. The predicted molar refractivity (Wildman–Crippen MR) is 94.7 cm³/mol. The Labute approximate surface area is 160 Å². The van der Waals surface area contributed by atoms with Gasteiger partial charge in [0.1, 0.15) is 10.6 Å². The first kappa shape index (κ1) is 20.1. The number of ether oxygens (including phenoxy) is 2. The van der Waals surface area contributed by atoms with Crippen LogP contribution in [0.5, 0.6) is 5.75 Å². The molecule has 150 valence electrons. The van der Waals surface area contributed by atoms with E-state index in [2.05, 4.69) is 10.3 Å². The number of sulfonamides is 1. The van der Waals surface area contributed by atoms with Crippen LogP contribution in [-0.2, 0) is 14.8 Å². The second kappa shape index (κ2) is 8.17. The van der Waals surface area contributed by atoms with Crippen molar-refractivity contribution in [3.8, 4) is 5.75 Å². The third-order valence-corrected chi connectivity index (χ3v) is 6.00. The second-order valence-electron chi connectivity index (χ2n) is 5.81. The van der Waals surface area contributed by atoms with Crippen molar-refractivity contribution < 1.29 is 31.5 Å². The lowest BCUT2D eigenvalue weighted by Crippen LogP contribution is -2.40. The van der Waals surface area contributed by atoms with Crippen LogP contribution in [0.3, 0.4) is 0 Å². The van der Waals surface area contributed by atoms with Crippen molar-refractivity contribution in [2.75, 3.05) is 38.7 Å². The molecule has 1 aliphatic heterocycles. The molecular weight excluding hydrogens is 396 g/mol. The molecule has 1 aromatic heterocycles. The van der Waals surface area contributed by atoms with Crippen molar-refractivity contribution >= 4 is 21.6 Å².